The lowest BCUT2D eigenvalue weighted by atomic mass is 10.0. The molecule has 1 heterocycles. The Labute approximate surface area is 182 Å². The summed E-state index contributed by atoms with van der Waals surface area (Å²) in [6.45, 7) is 2.11. The van der Waals surface area contributed by atoms with E-state index in [1.807, 2.05) is 6.07 Å². The summed E-state index contributed by atoms with van der Waals surface area (Å²) in [6.07, 6.45) is 2.06. The van der Waals surface area contributed by atoms with E-state index in [1.54, 1.807) is 36.2 Å². The van der Waals surface area contributed by atoms with Crippen LogP contribution in [0.3, 0.4) is 0 Å². The van der Waals surface area contributed by atoms with Crippen molar-refractivity contribution in [3.05, 3.63) is 51.5 Å². The zero-order valence-electron chi connectivity index (χ0n) is 16.9. The zero-order valence-corrected chi connectivity index (χ0v) is 18.5. The number of methoxy groups -OCH3 is 1. The van der Waals surface area contributed by atoms with Gasteiger partial charge in [-0.3, -0.25) is 9.59 Å². The van der Waals surface area contributed by atoms with Crippen molar-refractivity contribution in [2.24, 2.45) is 5.10 Å². The Hall–Kier alpha value is -3.07. The maximum atomic E-state index is 12.3. The number of hydrogen-bond donors (Lipinski definition) is 1. The first-order valence-corrected chi connectivity index (χ1v) is 10.00. The number of hydrazone groups is 1. The van der Waals surface area contributed by atoms with Crippen LogP contribution in [0.1, 0.15) is 28.4 Å². The van der Waals surface area contributed by atoms with Crippen LogP contribution in [0.4, 0.5) is 0 Å². The number of nitrogens with zero attached hydrogens (tertiary/aromatic N) is 2. The van der Waals surface area contributed by atoms with E-state index < -0.39 is 0 Å². The molecule has 0 unspecified atom stereocenters. The number of nitrogens with one attached hydrogen (secondary N) is 1. The van der Waals surface area contributed by atoms with Gasteiger partial charge >= 0.3 is 0 Å². The molecule has 2 aromatic rings. The highest BCUT2D eigenvalue weighted by atomic mass is 79.9. The van der Waals surface area contributed by atoms with Gasteiger partial charge in [-0.25, -0.2) is 5.43 Å². The van der Waals surface area contributed by atoms with Gasteiger partial charge in [-0.05, 0) is 42.3 Å². The van der Waals surface area contributed by atoms with Crippen LogP contribution in [-0.4, -0.2) is 50.4 Å². The topological polar surface area (TPSA) is 89.5 Å². The zero-order chi connectivity index (χ0) is 21.7. The summed E-state index contributed by atoms with van der Waals surface area (Å²) < 4.78 is 17.4. The van der Waals surface area contributed by atoms with E-state index in [4.69, 9.17) is 14.2 Å². The molecular formula is C21H22BrN3O5. The van der Waals surface area contributed by atoms with E-state index >= 15 is 0 Å². The highest BCUT2D eigenvalue weighted by Gasteiger charge is 2.25. The number of halogens is 1. The average Bonchev–Trinajstić information content (AvgIpc) is 3.20. The molecule has 0 bridgehead atoms. The number of carbonyl (C=O) groups excluding carboxylic acids is 2. The van der Waals surface area contributed by atoms with Gasteiger partial charge in [0.25, 0.3) is 5.91 Å². The van der Waals surface area contributed by atoms with Crippen molar-refractivity contribution in [1.29, 1.82) is 0 Å². The first-order chi connectivity index (χ1) is 14.4. The van der Waals surface area contributed by atoms with E-state index in [2.05, 4.69) is 26.5 Å². The fourth-order valence-electron chi connectivity index (χ4n) is 2.90. The molecule has 0 saturated carbocycles. The minimum absolute atomic E-state index is 0.0281. The van der Waals surface area contributed by atoms with Gasteiger partial charge in [-0.2, -0.15) is 5.10 Å². The molecule has 2 aromatic carbocycles. The Balaban J connectivity index is 1.85. The van der Waals surface area contributed by atoms with E-state index in [-0.39, 0.29) is 18.6 Å². The molecule has 1 aliphatic rings. The van der Waals surface area contributed by atoms with Crippen LogP contribution in [0, 0.1) is 0 Å². The quantitative estimate of drug-likeness (QED) is 0.491. The van der Waals surface area contributed by atoms with Crippen LogP contribution in [0.5, 0.6) is 17.2 Å². The maximum absolute atomic E-state index is 12.3. The fourth-order valence-corrected chi connectivity index (χ4v) is 3.16. The number of amides is 2. The largest absolute Gasteiger partial charge is 0.492 e. The lowest BCUT2D eigenvalue weighted by Crippen LogP contribution is -2.26. The third kappa shape index (κ3) is 4.91. The molecule has 9 heteroatoms. The van der Waals surface area contributed by atoms with Crippen molar-refractivity contribution in [3.63, 3.8) is 0 Å². The summed E-state index contributed by atoms with van der Waals surface area (Å²) in [5.74, 6) is 1.16. The van der Waals surface area contributed by atoms with Crippen molar-refractivity contribution in [1.82, 2.24) is 10.3 Å². The Bertz CT molecular complexity index is 976. The number of benzene rings is 2. The maximum Gasteiger partial charge on any atom is 0.271 e. The Morgan fingerprint density at radius 2 is 2.03 bits per heavy atom. The normalized spacial score (nSPS) is 12.1. The van der Waals surface area contributed by atoms with Crippen LogP contribution in [-0.2, 0) is 11.2 Å². The minimum Gasteiger partial charge on any atom is -0.492 e. The SMILES string of the molecule is COc1c(C=NNC(=O)c2ccc(Br)cc2)c(CCN(C)C(C)=O)cc2c1OCO2. The van der Waals surface area contributed by atoms with Gasteiger partial charge in [0.05, 0.1) is 13.3 Å². The second kappa shape index (κ2) is 9.62. The molecule has 30 heavy (non-hydrogen) atoms. The molecule has 0 aromatic heterocycles. The monoisotopic (exact) mass is 475 g/mol. The summed E-state index contributed by atoms with van der Waals surface area (Å²) in [6, 6.07) is 8.79. The number of ether oxygens (including phenoxy) is 3. The Kier molecular flexibility index (Phi) is 6.94. The second-order valence-electron chi connectivity index (χ2n) is 6.61. The Morgan fingerprint density at radius 1 is 1.30 bits per heavy atom. The molecular weight excluding hydrogens is 454 g/mol. The van der Waals surface area contributed by atoms with E-state index in [9.17, 15) is 9.59 Å². The van der Waals surface area contributed by atoms with Crippen molar-refractivity contribution in [3.8, 4) is 17.2 Å². The van der Waals surface area contributed by atoms with Crippen LogP contribution in [0.25, 0.3) is 0 Å². The summed E-state index contributed by atoms with van der Waals surface area (Å²) >= 11 is 3.34. The van der Waals surface area contributed by atoms with Crippen LogP contribution in [0.15, 0.2) is 39.9 Å². The first kappa shape index (κ1) is 21.6. The van der Waals surface area contributed by atoms with Gasteiger partial charge in [-0.15, -0.1) is 0 Å². The van der Waals surface area contributed by atoms with Crippen LogP contribution in [0.2, 0.25) is 0 Å². The fraction of sp³-hybridized carbons (Fsp3) is 0.286. The van der Waals surface area contributed by atoms with Crippen molar-refractivity contribution in [2.45, 2.75) is 13.3 Å². The molecule has 8 nitrogen and oxygen atoms in total. The first-order valence-electron chi connectivity index (χ1n) is 9.21. The number of carbonyl (C=O) groups is 2. The molecule has 0 spiro atoms. The lowest BCUT2D eigenvalue weighted by Gasteiger charge is -2.17. The van der Waals surface area contributed by atoms with Crippen molar-refractivity contribution < 1.29 is 23.8 Å². The van der Waals surface area contributed by atoms with Gasteiger partial charge in [0.15, 0.2) is 11.5 Å². The highest BCUT2D eigenvalue weighted by Crippen LogP contribution is 2.44. The van der Waals surface area contributed by atoms with Crippen LogP contribution >= 0.6 is 15.9 Å². The number of fused-ring (bicyclic) bond motifs is 1. The minimum atomic E-state index is -0.337. The molecule has 0 aliphatic carbocycles. The Morgan fingerprint density at radius 3 is 2.70 bits per heavy atom. The summed E-state index contributed by atoms with van der Waals surface area (Å²) in [5, 5.41) is 4.10. The number of hydrogen-bond acceptors (Lipinski definition) is 6. The molecule has 0 atom stereocenters. The molecule has 158 valence electrons. The van der Waals surface area contributed by atoms with E-state index in [1.165, 1.54) is 20.2 Å². The average molecular weight is 476 g/mol. The standard InChI is InChI=1S/C21H22BrN3O5/c1-13(26)25(2)9-8-15-10-18-20(30-12-29-18)19(28-3)17(15)11-23-24-21(27)14-4-6-16(22)7-5-14/h4-7,10-11H,8-9,12H2,1-3H3,(H,24,27). The molecule has 2 amide bonds. The molecule has 0 saturated heterocycles. The summed E-state index contributed by atoms with van der Waals surface area (Å²) in [4.78, 5) is 25.5. The summed E-state index contributed by atoms with van der Waals surface area (Å²) in [5.41, 5.74) is 4.50. The molecule has 0 radical (unpaired) electrons. The summed E-state index contributed by atoms with van der Waals surface area (Å²) in [7, 11) is 3.26. The van der Waals surface area contributed by atoms with Crippen LogP contribution < -0.4 is 19.6 Å². The third-order valence-electron chi connectivity index (χ3n) is 4.67. The lowest BCUT2D eigenvalue weighted by molar-refractivity contribution is -0.127. The van der Waals surface area contributed by atoms with Crippen molar-refractivity contribution in [2.75, 3.05) is 27.5 Å². The predicted octanol–water partition coefficient (Wildman–Crippen LogP) is 2.97. The molecule has 1 aliphatic heterocycles. The number of likely N-dealkylation sites (N-methyl/N-ethyl adjacent to an activating group) is 1. The van der Waals surface area contributed by atoms with Crippen molar-refractivity contribution >= 4 is 34.0 Å². The molecule has 1 N–H and O–H groups in total. The van der Waals surface area contributed by atoms with Gasteiger partial charge in [0, 0.05) is 36.1 Å². The number of rotatable bonds is 7. The molecule has 3 rings (SSSR count). The van der Waals surface area contributed by atoms with Gasteiger partial charge in [0.2, 0.25) is 18.4 Å². The van der Waals surface area contributed by atoms with Gasteiger partial charge in [-0.1, -0.05) is 15.9 Å². The molecule has 0 fully saturated rings. The van der Waals surface area contributed by atoms with Gasteiger partial charge in [0.1, 0.15) is 0 Å². The predicted molar refractivity (Wildman–Crippen MR) is 115 cm³/mol. The third-order valence-corrected chi connectivity index (χ3v) is 5.20. The second-order valence-corrected chi connectivity index (χ2v) is 7.53. The van der Waals surface area contributed by atoms with Gasteiger partial charge < -0.3 is 19.1 Å². The highest BCUT2D eigenvalue weighted by molar-refractivity contribution is 9.10. The van der Waals surface area contributed by atoms with E-state index in [0.717, 1.165) is 10.0 Å². The van der Waals surface area contributed by atoms with E-state index in [0.29, 0.717) is 41.3 Å². The smallest absolute Gasteiger partial charge is 0.271 e.